The van der Waals surface area contributed by atoms with Crippen molar-refractivity contribution in [1.82, 2.24) is 5.32 Å². The van der Waals surface area contributed by atoms with Gasteiger partial charge in [0.05, 0.1) is 12.1 Å². The number of nitrogens with one attached hydrogen (secondary N) is 1. The van der Waals surface area contributed by atoms with Gasteiger partial charge in [-0.3, -0.25) is 4.79 Å². The molecule has 1 aromatic carbocycles. The zero-order valence-electron chi connectivity index (χ0n) is 10.9. The van der Waals surface area contributed by atoms with Gasteiger partial charge in [-0.1, -0.05) is 22.0 Å². The number of amides is 1. The molecule has 0 saturated carbocycles. The number of hydrogen-bond acceptors (Lipinski definition) is 3. The Labute approximate surface area is 131 Å². The summed E-state index contributed by atoms with van der Waals surface area (Å²) in [6, 6.07) is 4.36. The molecule has 3 nitrogen and oxygen atoms in total. The summed E-state index contributed by atoms with van der Waals surface area (Å²) < 4.78 is 38.5. The van der Waals surface area contributed by atoms with Crippen LogP contribution in [0.5, 0.6) is 0 Å². The topological polar surface area (TPSA) is 55.1 Å². The first-order valence-corrected chi connectivity index (χ1v) is 7.63. The maximum Gasteiger partial charge on any atom is 0.391 e. The van der Waals surface area contributed by atoms with Gasteiger partial charge >= 0.3 is 6.18 Å². The van der Waals surface area contributed by atoms with Gasteiger partial charge < -0.3 is 11.1 Å². The number of nitrogen functional groups attached to an aromatic ring is 1. The van der Waals surface area contributed by atoms with E-state index in [1.165, 1.54) is 6.92 Å². The molecule has 0 radical (unpaired) electrons. The molecule has 1 atom stereocenters. The average molecular weight is 381 g/mol. The fourth-order valence-corrected chi connectivity index (χ4v) is 3.52. The standard InChI is InChI=1S/C13H12BrF3N2OS/c1-6(5-13(15,16)17)19-12(20)11-10(18)8-3-2-7(14)4-9(8)21-11/h2-4,6H,5,18H2,1H3,(H,19,20). The Balaban J connectivity index is 2.22. The quantitative estimate of drug-likeness (QED) is 0.832. The first-order chi connectivity index (χ1) is 9.67. The van der Waals surface area contributed by atoms with Crippen molar-refractivity contribution >= 4 is 48.9 Å². The summed E-state index contributed by atoms with van der Waals surface area (Å²) >= 11 is 4.47. The van der Waals surface area contributed by atoms with Crippen LogP contribution < -0.4 is 11.1 Å². The molecule has 1 amide bonds. The van der Waals surface area contributed by atoms with Gasteiger partial charge in [0.15, 0.2) is 0 Å². The number of alkyl halides is 3. The van der Waals surface area contributed by atoms with Gasteiger partial charge in [-0.2, -0.15) is 13.2 Å². The minimum absolute atomic E-state index is 0.233. The summed E-state index contributed by atoms with van der Waals surface area (Å²) in [7, 11) is 0. The molecule has 114 valence electrons. The molecule has 1 unspecified atom stereocenters. The van der Waals surface area contributed by atoms with E-state index < -0.39 is 24.5 Å². The second-order valence-electron chi connectivity index (χ2n) is 4.68. The van der Waals surface area contributed by atoms with Crippen molar-refractivity contribution in [2.45, 2.75) is 25.6 Å². The smallest absolute Gasteiger partial charge is 0.391 e. The van der Waals surface area contributed by atoms with Crippen molar-refractivity contribution in [3.63, 3.8) is 0 Å². The molecule has 0 aliphatic carbocycles. The van der Waals surface area contributed by atoms with E-state index in [1.54, 1.807) is 12.1 Å². The highest BCUT2D eigenvalue weighted by Gasteiger charge is 2.31. The third-order valence-electron chi connectivity index (χ3n) is 2.81. The van der Waals surface area contributed by atoms with Crippen LogP contribution in [0.1, 0.15) is 23.0 Å². The van der Waals surface area contributed by atoms with Crippen LogP contribution in [0.4, 0.5) is 18.9 Å². The predicted octanol–water partition coefficient (Wildman–Crippen LogP) is 4.32. The lowest BCUT2D eigenvalue weighted by Crippen LogP contribution is -2.35. The number of rotatable bonds is 3. The van der Waals surface area contributed by atoms with Crippen LogP contribution in [-0.4, -0.2) is 18.1 Å². The van der Waals surface area contributed by atoms with Crippen molar-refractivity contribution < 1.29 is 18.0 Å². The predicted molar refractivity (Wildman–Crippen MR) is 81.5 cm³/mol. The number of halogens is 4. The molecule has 8 heteroatoms. The first kappa shape index (κ1) is 16.1. The Kier molecular flexibility index (Phi) is 4.48. The van der Waals surface area contributed by atoms with E-state index in [-0.39, 0.29) is 4.88 Å². The molecule has 0 spiro atoms. The van der Waals surface area contributed by atoms with Crippen molar-refractivity contribution in [2.75, 3.05) is 5.73 Å². The second-order valence-corrected chi connectivity index (χ2v) is 6.65. The van der Waals surface area contributed by atoms with Crippen LogP contribution >= 0.6 is 27.3 Å². The summed E-state index contributed by atoms with van der Waals surface area (Å²) in [5.41, 5.74) is 6.20. The minimum Gasteiger partial charge on any atom is -0.397 e. The van der Waals surface area contributed by atoms with E-state index >= 15 is 0 Å². The summed E-state index contributed by atoms with van der Waals surface area (Å²) in [5, 5.41) is 3.05. The zero-order valence-corrected chi connectivity index (χ0v) is 13.3. The van der Waals surface area contributed by atoms with Gasteiger partial charge in [0, 0.05) is 20.6 Å². The lowest BCUT2D eigenvalue weighted by atomic mass is 10.2. The Morgan fingerprint density at radius 2 is 2.14 bits per heavy atom. The lowest BCUT2D eigenvalue weighted by molar-refractivity contribution is -0.138. The van der Waals surface area contributed by atoms with Crippen LogP contribution in [0.3, 0.4) is 0 Å². The second kappa shape index (κ2) is 5.84. The number of anilines is 1. The van der Waals surface area contributed by atoms with Gasteiger partial charge in [-0.15, -0.1) is 11.3 Å². The Morgan fingerprint density at radius 3 is 2.76 bits per heavy atom. The highest BCUT2D eigenvalue weighted by molar-refractivity contribution is 9.10. The minimum atomic E-state index is -4.32. The van der Waals surface area contributed by atoms with Crippen molar-refractivity contribution in [3.8, 4) is 0 Å². The molecule has 3 N–H and O–H groups in total. The third-order valence-corrected chi connectivity index (χ3v) is 4.47. The third kappa shape index (κ3) is 3.88. The summed E-state index contributed by atoms with van der Waals surface area (Å²) in [5.74, 6) is -0.582. The largest absolute Gasteiger partial charge is 0.397 e. The van der Waals surface area contributed by atoms with Gasteiger partial charge in [0.1, 0.15) is 4.88 Å². The van der Waals surface area contributed by atoms with Crippen molar-refractivity contribution in [1.29, 1.82) is 0 Å². The number of carbonyl (C=O) groups excluding carboxylic acids is 1. The molecule has 2 aromatic rings. The molecule has 0 bridgehead atoms. The van der Waals surface area contributed by atoms with E-state index in [9.17, 15) is 18.0 Å². The summed E-state index contributed by atoms with van der Waals surface area (Å²) in [4.78, 5) is 12.3. The molecule has 21 heavy (non-hydrogen) atoms. The zero-order chi connectivity index (χ0) is 15.8. The Morgan fingerprint density at radius 1 is 1.48 bits per heavy atom. The fraction of sp³-hybridized carbons (Fsp3) is 0.308. The summed E-state index contributed by atoms with van der Waals surface area (Å²) in [6.45, 7) is 1.31. The SMILES string of the molecule is CC(CC(F)(F)F)NC(=O)c1sc2cc(Br)ccc2c1N. The molecule has 0 aliphatic heterocycles. The van der Waals surface area contributed by atoms with E-state index in [2.05, 4.69) is 21.2 Å². The van der Waals surface area contributed by atoms with E-state index in [1.807, 2.05) is 6.07 Å². The Bertz CT molecular complexity index is 684. The Hall–Kier alpha value is -1.28. The van der Waals surface area contributed by atoms with Gasteiger partial charge in [-0.05, 0) is 19.1 Å². The maximum atomic E-state index is 12.3. The number of thiophene rings is 1. The fourth-order valence-electron chi connectivity index (χ4n) is 1.95. The molecule has 1 aromatic heterocycles. The number of nitrogens with two attached hydrogens (primary N) is 1. The van der Waals surface area contributed by atoms with Crippen molar-refractivity contribution in [2.24, 2.45) is 0 Å². The highest BCUT2D eigenvalue weighted by Crippen LogP contribution is 2.35. The number of fused-ring (bicyclic) bond motifs is 1. The molecular weight excluding hydrogens is 369 g/mol. The highest BCUT2D eigenvalue weighted by atomic mass is 79.9. The number of hydrogen-bond donors (Lipinski definition) is 2. The summed E-state index contributed by atoms with van der Waals surface area (Å²) in [6.07, 6.45) is -5.39. The number of benzene rings is 1. The van der Waals surface area contributed by atoms with Crippen LogP contribution in [0.25, 0.3) is 10.1 Å². The molecular formula is C13H12BrF3N2OS. The lowest BCUT2D eigenvalue weighted by Gasteiger charge is -2.15. The van der Waals surface area contributed by atoms with Crippen LogP contribution in [-0.2, 0) is 0 Å². The molecule has 0 saturated heterocycles. The molecule has 0 fully saturated rings. The van der Waals surface area contributed by atoms with E-state index in [0.29, 0.717) is 5.69 Å². The van der Waals surface area contributed by atoms with Crippen LogP contribution in [0, 0.1) is 0 Å². The van der Waals surface area contributed by atoms with Crippen LogP contribution in [0.15, 0.2) is 22.7 Å². The average Bonchev–Trinajstić information content (AvgIpc) is 2.63. The normalized spacial score (nSPS) is 13.4. The number of carbonyl (C=O) groups is 1. The monoisotopic (exact) mass is 380 g/mol. The molecule has 0 aliphatic rings. The van der Waals surface area contributed by atoms with Crippen LogP contribution in [0.2, 0.25) is 0 Å². The van der Waals surface area contributed by atoms with Crippen molar-refractivity contribution in [3.05, 3.63) is 27.5 Å². The maximum absolute atomic E-state index is 12.3. The first-order valence-electron chi connectivity index (χ1n) is 6.02. The van der Waals surface area contributed by atoms with Gasteiger partial charge in [-0.25, -0.2) is 0 Å². The molecule has 2 rings (SSSR count). The van der Waals surface area contributed by atoms with E-state index in [4.69, 9.17) is 5.73 Å². The van der Waals surface area contributed by atoms with Gasteiger partial charge in [0.2, 0.25) is 0 Å². The van der Waals surface area contributed by atoms with Gasteiger partial charge in [0.25, 0.3) is 5.91 Å². The molecule has 1 heterocycles. The van der Waals surface area contributed by atoms with E-state index in [0.717, 1.165) is 25.9 Å².